The van der Waals surface area contributed by atoms with Crippen molar-refractivity contribution in [2.24, 2.45) is 5.92 Å². The lowest BCUT2D eigenvalue weighted by Crippen LogP contribution is -2.26. The van der Waals surface area contributed by atoms with E-state index in [1.54, 1.807) is 6.20 Å². The van der Waals surface area contributed by atoms with E-state index in [2.05, 4.69) is 24.6 Å². The van der Waals surface area contributed by atoms with E-state index >= 15 is 0 Å². The zero-order valence-corrected chi connectivity index (χ0v) is 13.2. The van der Waals surface area contributed by atoms with Gasteiger partial charge in [0.2, 0.25) is 5.78 Å². The Kier molecular flexibility index (Phi) is 4.57. The number of aromatic nitrogens is 2. The highest BCUT2D eigenvalue weighted by Crippen LogP contribution is 2.29. The van der Waals surface area contributed by atoms with Crippen LogP contribution < -0.4 is 0 Å². The molecule has 0 aliphatic heterocycles. The summed E-state index contributed by atoms with van der Waals surface area (Å²) in [5, 5.41) is 0. The molecule has 0 amide bonds. The van der Waals surface area contributed by atoms with Crippen LogP contribution in [0.5, 0.6) is 0 Å². The monoisotopic (exact) mass is 280 g/mol. The highest BCUT2D eigenvalue weighted by atomic mass is 28.3. The molecule has 1 saturated carbocycles. The summed E-state index contributed by atoms with van der Waals surface area (Å²) in [4.78, 5) is 16.4. The molecule has 0 spiro atoms. The molecular formula is C14H24N2O2Si. The minimum absolute atomic E-state index is 0.185. The molecule has 0 bridgehead atoms. The number of carbonyl (C=O) groups is 1. The number of rotatable bonds is 7. The van der Waals surface area contributed by atoms with E-state index in [0.717, 1.165) is 25.5 Å². The molecule has 5 heteroatoms. The summed E-state index contributed by atoms with van der Waals surface area (Å²) in [5.41, 5.74) is 0. The van der Waals surface area contributed by atoms with Gasteiger partial charge in [-0.3, -0.25) is 4.79 Å². The van der Waals surface area contributed by atoms with Gasteiger partial charge in [0.25, 0.3) is 0 Å². The van der Waals surface area contributed by atoms with Gasteiger partial charge in [-0.05, 0) is 18.9 Å². The van der Waals surface area contributed by atoms with Crippen LogP contribution in [0.3, 0.4) is 0 Å². The van der Waals surface area contributed by atoms with E-state index in [1.165, 1.54) is 6.42 Å². The molecule has 2 rings (SSSR count). The third-order valence-electron chi connectivity index (χ3n) is 3.64. The normalized spacial score (nSPS) is 16.4. The molecule has 0 saturated heterocycles. The molecule has 1 aromatic heterocycles. The van der Waals surface area contributed by atoms with Gasteiger partial charge in [-0.2, -0.15) is 0 Å². The fraction of sp³-hybridized carbons (Fsp3) is 0.714. The average molecular weight is 280 g/mol. The van der Waals surface area contributed by atoms with Gasteiger partial charge in [-0.25, -0.2) is 4.98 Å². The van der Waals surface area contributed by atoms with Crippen molar-refractivity contribution in [2.75, 3.05) is 6.61 Å². The Labute approximate surface area is 116 Å². The predicted octanol–water partition coefficient (Wildman–Crippen LogP) is 3.18. The summed E-state index contributed by atoms with van der Waals surface area (Å²) in [6, 6.07) is 1.15. The smallest absolute Gasteiger partial charge is 0.201 e. The van der Waals surface area contributed by atoms with E-state index in [0.29, 0.717) is 12.6 Å². The third-order valence-corrected chi connectivity index (χ3v) is 5.34. The number of nitrogens with zero attached hydrogens (tertiary/aromatic N) is 2. The number of carbonyl (C=O) groups excluding carboxylic acids is 1. The molecule has 1 aliphatic carbocycles. The largest absolute Gasteiger partial charge is 0.361 e. The maximum atomic E-state index is 12.2. The second kappa shape index (κ2) is 6.01. The van der Waals surface area contributed by atoms with Crippen molar-refractivity contribution in [1.29, 1.82) is 0 Å². The maximum absolute atomic E-state index is 12.2. The Morgan fingerprint density at radius 3 is 2.79 bits per heavy atom. The van der Waals surface area contributed by atoms with Crippen molar-refractivity contribution in [3.63, 3.8) is 0 Å². The van der Waals surface area contributed by atoms with Crippen LogP contribution in [0, 0.1) is 5.92 Å². The minimum atomic E-state index is -1.05. The van der Waals surface area contributed by atoms with Gasteiger partial charge in [0.05, 0.1) is 0 Å². The van der Waals surface area contributed by atoms with Crippen LogP contribution in [0.4, 0.5) is 0 Å². The van der Waals surface area contributed by atoms with Crippen molar-refractivity contribution in [3.8, 4) is 0 Å². The van der Waals surface area contributed by atoms with Gasteiger partial charge in [-0.1, -0.05) is 26.1 Å². The van der Waals surface area contributed by atoms with E-state index in [4.69, 9.17) is 4.74 Å². The van der Waals surface area contributed by atoms with Crippen LogP contribution in [0.1, 0.15) is 29.9 Å². The molecule has 0 N–H and O–H groups in total. The summed E-state index contributed by atoms with van der Waals surface area (Å²) < 4.78 is 7.52. The number of Topliss-reactive ketones (excluding diaryl/α,β-unsaturated/α-hetero) is 1. The average Bonchev–Trinajstić information content (AvgIpc) is 2.68. The summed E-state index contributed by atoms with van der Waals surface area (Å²) >= 11 is 0. The van der Waals surface area contributed by atoms with E-state index in [-0.39, 0.29) is 11.7 Å². The minimum Gasteiger partial charge on any atom is -0.361 e. The molecule has 4 nitrogen and oxygen atoms in total. The third kappa shape index (κ3) is 4.01. The summed E-state index contributed by atoms with van der Waals surface area (Å²) in [6.07, 6.45) is 6.72. The lowest BCUT2D eigenvalue weighted by Gasteiger charge is -2.23. The molecule has 106 valence electrons. The van der Waals surface area contributed by atoms with Crippen molar-refractivity contribution in [2.45, 2.75) is 51.7 Å². The van der Waals surface area contributed by atoms with Crippen LogP contribution in [0.2, 0.25) is 25.7 Å². The number of imidazole rings is 1. The lowest BCUT2D eigenvalue weighted by molar-refractivity contribution is 0.0734. The molecule has 0 unspecified atom stereocenters. The van der Waals surface area contributed by atoms with E-state index in [9.17, 15) is 4.79 Å². The van der Waals surface area contributed by atoms with Crippen LogP contribution in [0.15, 0.2) is 12.4 Å². The maximum Gasteiger partial charge on any atom is 0.201 e. The Morgan fingerprint density at radius 1 is 1.47 bits per heavy atom. The number of hydrogen-bond acceptors (Lipinski definition) is 3. The van der Waals surface area contributed by atoms with Crippen LogP contribution in [0.25, 0.3) is 0 Å². The zero-order chi connectivity index (χ0) is 13.9. The first kappa shape index (κ1) is 14.5. The molecule has 19 heavy (non-hydrogen) atoms. The van der Waals surface area contributed by atoms with Gasteiger partial charge in [0.15, 0.2) is 5.82 Å². The molecule has 0 atom stereocenters. The first-order chi connectivity index (χ1) is 8.97. The summed E-state index contributed by atoms with van der Waals surface area (Å²) in [5.74, 6) is 0.950. The fourth-order valence-electron chi connectivity index (χ4n) is 2.03. The van der Waals surface area contributed by atoms with Crippen molar-refractivity contribution in [3.05, 3.63) is 18.2 Å². The molecule has 1 heterocycles. The highest BCUT2D eigenvalue weighted by molar-refractivity contribution is 6.76. The van der Waals surface area contributed by atoms with E-state index in [1.807, 2.05) is 10.8 Å². The standard InChI is InChI=1S/C14H24N2O2Si/c1-19(2,3)10-9-18-11-16-8-7-15-14(16)13(17)12-5-4-6-12/h7-8,12H,4-6,9-11H2,1-3H3. The van der Waals surface area contributed by atoms with Gasteiger partial charge in [0.1, 0.15) is 6.73 Å². The number of ether oxygens (including phenoxy) is 1. The summed E-state index contributed by atoms with van der Waals surface area (Å²) in [7, 11) is -1.05. The quantitative estimate of drug-likeness (QED) is 0.438. The van der Waals surface area contributed by atoms with Crippen LogP contribution in [-0.4, -0.2) is 30.0 Å². The Balaban J connectivity index is 1.84. The molecular weight excluding hydrogens is 256 g/mol. The van der Waals surface area contributed by atoms with Crippen LogP contribution >= 0.6 is 0 Å². The van der Waals surface area contributed by atoms with Crippen molar-refractivity contribution < 1.29 is 9.53 Å². The van der Waals surface area contributed by atoms with Gasteiger partial charge < -0.3 is 9.30 Å². The number of ketones is 1. The SMILES string of the molecule is C[Si](C)(C)CCOCn1ccnc1C(=O)C1CCC1. The molecule has 1 fully saturated rings. The van der Waals surface area contributed by atoms with Crippen molar-refractivity contribution >= 4 is 13.9 Å². The molecule has 1 aromatic rings. The van der Waals surface area contributed by atoms with Gasteiger partial charge >= 0.3 is 0 Å². The molecule has 0 radical (unpaired) electrons. The fourth-order valence-corrected chi connectivity index (χ4v) is 2.79. The lowest BCUT2D eigenvalue weighted by atomic mass is 9.82. The molecule has 1 aliphatic rings. The van der Waals surface area contributed by atoms with E-state index < -0.39 is 8.07 Å². The van der Waals surface area contributed by atoms with Crippen molar-refractivity contribution in [1.82, 2.24) is 9.55 Å². The van der Waals surface area contributed by atoms with Gasteiger partial charge in [-0.15, -0.1) is 0 Å². The second-order valence-corrected chi connectivity index (χ2v) is 12.2. The Hall–Kier alpha value is -0.943. The Morgan fingerprint density at radius 2 is 2.21 bits per heavy atom. The van der Waals surface area contributed by atoms with Gasteiger partial charge in [0, 0.05) is 33.0 Å². The highest BCUT2D eigenvalue weighted by Gasteiger charge is 2.28. The number of hydrogen-bond donors (Lipinski definition) is 0. The first-order valence-electron chi connectivity index (χ1n) is 7.10. The summed E-state index contributed by atoms with van der Waals surface area (Å²) in [6.45, 7) is 8.21. The topological polar surface area (TPSA) is 44.1 Å². The Bertz CT molecular complexity index is 433. The zero-order valence-electron chi connectivity index (χ0n) is 12.2. The molecule has 0 aromatic carbocycles. The first-order valence-corrected chi connectivity index (χ1v) is 10.8. The second-order valence-electron chi connectivity index (χ2n) is 6.56. The van der Waals surface area contributed by atoms with Crippen LogP contribution in [-0.2, 0) is 11.5 Å². The predicted molar refractivity (Wildman–Crippen MR) is 78.0 cm³/mol.